The number of hydrogen-bond donors (Lipinski definition) is 2. The summed E-state index contributed by atoms with van der Waals surface area (Å²) in [6, 6.07) is 8.31. The molecule has 0 atom stereocenters. The molecule has 3 rings (SSSR count). The third-order valence-corrected chi connectivity index (χ3v) is 4.06. The molecule has 4 heteroatoms. The Kier molecular flexibility index (Phi) is 5.14. The average Bonchev–Trinajstić information content (AvgIpc) is 2.57. The SMILES string of the molecule is NCCNCCCCN1C2=CCCC=C2Oc2ccccc21. The minimum Gasteiger partial charge on any atom is -0.453 e. The largest absolute Gasteiger partial charge is 0.453 e. The summed E-state index contributed by atoms with van der Waals surface area (Å²) < 4.78 is 6.05. The van der Waals surface area contributed by atoms with Crippen LogP contribution in [0.25, 0.3) is 0 Å². The maximum atomic E-state index is 6.05. The first-order valence-corrected chi connectivity index (χ1v) is 8.26. The van der Waals surface area contributed by atoms with Crippen molar-refractivity contribution in [2.24, 2.45) is 5.73 Å². The van der Waals surface area contributed by atoms with Crippen LogP contribution in [0.4, 0.5) is 5.69 Å². The van der Waals surface area contributed by atoms with E-state index < -0.39 is 0 Å². The molecule has 0 fully saturated rings. The van der Waals surface area contributed by atoms with Crippen LogP contribution in [0.2, 0.25) is 0 Å². The number of nitrogens with one attached hydrogen (secondary N) is 1. The van der Waals surface area contributed by atoms with Crippen molar-refractivity contribution in [2.45, 2.75) is 25.7 Å². The summed E-state index contributed by atoms with van der Waals surface area (Å²) in [4.78, 5) is 2.41. The van der Waals surface area contributed by atoms with Gasteiger partial charge < -0.3 is 20.7 Å². The summed E-state index contributed by atoms with van der Waals surface area (Å²) in [6.45, 7) is 3.66. The van der Waals surface area contributed by atoms with E-state index in [-0.39, 0.29) is 0 Å². The first-order valence-electron chi connectivity index (χ1n) is 8.26. The van der Waals surface area contributed by atoms with Gasteiger partial charge >= 0.3 is 0 Å². The van der Waals surface area contributed by atoms with E-state index >= 15 is 0 Å². The molecule has 3 N–H and O–H groups in total. The molecule has 0 spiro atoms. The van der Waals surface area contributed by atoms with Gasteiger partial charge in [-0.2, -0.15) is 0 Å². The van der Waals surface area contributed by atoms with E-state index in [0.717, 1.165) is 56.8 Å². The van der Waals surface area contributed by atoms with Gasteiger partial charge in [0.15, 0.2) is 5.75 Å². The topological polar surface area (TPSA) is 50.5 Å². The molecule has 0 saturated heterocycles. The van der Waals surface area contributed by atoms with Gasteiger partial charge in [-0.1, -0.05) is 18.2 Å². The van der Waals surface area contributed by atoms with Gasteiger partial charge in [-0.05, 0) is 50.4 Å². The summed E-state index contributed by atoms with van der Waals surface area (Å²) in [6.07, 6.45) is 8.98. The monoisotopic (exact) mass is 299 g/mol. The third kappa shape index (κ3) is 3.34. The van der Waals surface area contributed by atoms with Gasteiger partial charge in [-0.25, -0.2) is 0 Å². The lowest BCUT2D eigenvalue weighted by molar-refractivity contribution is 0.411. The number of allylic oxidation sites excluding steroid dienone is 2. The van der Waals surface area contributed by atoms with Crippen LogP contribution < -0.4 is 20.7 Å². The maximum absolute atomic E-state index is 6.05. The number of para-hydroxylation sites is 2. The van der Waals surface area contributed by atoms with E-state index in [1.54, 1.807) is 0 Å². The lowest BCUT2D eigenvalue weighted by Crippen LogP contribution is -2.31. The molecular weight excluding hydrogens is 274 g/mol. The van der Waals surface area contributed by atoms with Gasteiger partial charge in [-0.3, -0.25) is 0 Å². The number of benzene rings is 1. The van der Waals surface area contributed by atoms with Crippen molar-refractivity contribution in [1.29, 1.82) is 0 Å². The molecule has 1 aliphatic carbocycles. The normalized spacial score (nSPS) is 16.3. The molecule has 4 nitrogen and oxygen atoms in total. The molecular formula is C18H25N3O. The van der Waals surface area contributed by atoms with Crippen molar-refractivity contribution in [3.8, 4) is 5.75 Å². The zero-order valence-corrected chi connectivity index (χ0v) is 13.1. The summed E-state index contributed by atoms with van der Waals surface area (Å²) in [5.41, 5.74) is 7.91. The molecule has 0 aromatic heterocycles. The second-order valence-electron chi connectivity index (χ2n) is 5.70. The highest BCUT2D eigenvalue weighted by molar-refractivity contribution is 5.68. The summed E-state index contributed by atoms with van der Waals surface area (Å²) in [7, 11) is 0. The van der Waals surface area contributed by atoms with Crippen molar-refractivity contribution in [2.75, 3.05) is 31.1 Å². The molecule has 0 saturated carbocycles. The molecule has 22 heavy (non-hydrogen) atoms. The van der Waals surface area contributed by atoms with Crippen LogP contribution >= 0.6 is 0 Å². The van der Waals surface area contributed by atoms with Crippen LogP contribution in [0.15, 0.2) is 47.9 Å². The Morgan fingerprint density at radius 3 is 2.86 bits per heavy atom. The highest BCUT2D eigenvalue weighted by Gasteiger charge is 2.27. The van der Waals surface area contributed by atoms with Crippen LogP contribution in [-0.2, 0) is 0 Å². The van der Waals surface area contributed by atoms with Gasteiger partial charge in [0.05, 0.1) is 11.4 Å². The molecule has 1 aromatic carbocycles. The van der Waals surface area contributed by atoms with E-state index in [9.17, 15) is 0 Å². The molecule has 0 unspecified atom stereocenters. The summed E-state index contributed by atoms with van der Waals surface area (Å²) in [5.74, 6) is 1.99. The summed E-state index contributed by atoms with van der Waals surface area (Å²) in [5, 5.41) is 3.35. The minimum atomic E-state index is 0.706. The van der Waals surface area contributed by atoms with Crippen molar-refractivity contribution >= 4 is 5.69 Å². The Labute approximate surface area is 132 Å². The van der Waals surface area contributed by atoms with E-state index in [2.05, 4.69) is 40.6 Å². The Bertz CT molecular complexity index is 565. The third-order valence-electron chi connectivity index (χ3n) is 4.06. The first-order chi connectivity index (χ1) is 10.9. The highest BCUT2D eigenvalue weighted by atomic mass is 16.5. The van der Waals surface area contributed by atoms with Gasteiger partial charge in [0.25, 0.3) is 0 Å². The van der Waals surface area contributed by atoms with Gasteiger partial charge in [0.2, 0.25) is 0 Å². The zero-order valence-electron chi connectivity index (χ0n) is 13.1. The standard InChI is InChI=1S/C18H25N3O/c19-11-13-20-12-5-6-14-21-15-7-1-3-9-17(15)22-18-10-4-2-8-16(18)21/h1,3,7-10,20H,2,4-6,11-14,19H2. The first kappa shape index (κ1) is 15.1. The summed E-state index contributed by atoms with van der Waals surface area (Å²) >= 11 is 0. The molecule has 118 valence electrons. The van der Waals surface area contributed by atoms with Crippen molar-refractivity contribution in [3.63, 3.8) is 0 Å². The lowest BCUT2D eigenvalue weighted by Gasteiger charge is -2.36. The van der Waals surface area contributed by atoms with E-state index in [0.29, 0.717) is 6.54 Å². The molecule has 1 heterocycles. The quantitative estimate of drug-likeness (QED) is 0.760. The Balaban J connectivity index is 1.67. The van der Waals surface area contributed by atoms with Crippen molar-refractivity contribution < 1.29 is 4.74 Å². The van der Waals surface area contributed by atoms with Crippen molar-refractivity contribution in [3.05, 3.63) is 47.9 Å². The van der Waals surface area contributed by atoms with E-state index in [4.69, 9.17) is 10.5 Å². The fourth-order valence-corrected chi connectivity index (χ4v) is 2.98. The number of rotatable bonds is 7. The van der Waals surface area contributed by atoms with Crippen molar-refractivity contribution in [1.82, 2.24) is 5.32 Å². The number of nitrogens with zero attached hydrogens (tertiary/aromatic N) is 1. The predicted molar refractivity (Wildman–Crippen MR) is 91.0 cm³/mol. The van der Waals surface area contributed by atoms with Gasteiger partial charge in [0.1, 0.15) is 5.76 Å². The van der Waals surface area contributed by atoms with Crippen LogP contribution in [-0.4, -0.2) is 26.2 Å². The highest BCUT2D eigenvalue weighted by Crippen LogP contribution is 2.41. The number of fused-ring (bicyclic) bond motifs is 2. The molecule has 1 aromatic rings. The zero-order chi connectivity index (χ0) is 15.2. The number of anilines is 1. The Hall–Kier alpha value is -1.78. The second-order valence-corrected chi connectivity index (χ2v) is 5.70. The second kappa shape index (κ2) is 7.47. The van der Waals surface area contributed by atoms with Crippen LogP contribution in [0.3, 0.4) is 0 Å². The molecule has 2 aliphatic rings. The number of hydrogen-bond acceptors (Lipinski definition) is 4. The van der Waals surface area contributed by atoms with Crippen LogP contribution in [0.1, 0.15) is 25.7 Å². The van der Waals surface area contributed by atoms with Gasteiger partial charge in [0, 0.05) is 19.6 Å². The fourth-order valence-electron chi connectivity index (χ4n) is 2.98. The van der Waals surface area contributed by atoms with E-state index in [1.165, 1.54) is 11.4 Å². The lowest BCUT2D eigenvalue weighted by atomic mass is 10.1. The molecule has 0 radical (unpaired) electrons. The number of nitrogens with two attached hydrogens (primary N) is 1. The molecule has 1 aliphatic heterocycles. The Morgan fingerprint density at radius 1 is 1.09 bits per heavy atom. The molecule has 0 amide bonds. The maximum Gasteiger partial charge on any atom is 0.151 e. The number of unbranched alkanes of at least 4 members (excludes halogenated alkanes) is 1. The predicted octanol–water partition coefficient (Wildman–Crippen LogP) is 2.78. The Morgan fingerprint density at radius 2 is 1.95 bits per heavy atom. The smallest absolute Gasteiger partial charge is 0.151 e. The van der Waals surface area contributed by atoms with E-state index in [1.807, 2.05) is 6.07 Å². The van der Waals surface area contributed by atoms with Crippen LogP contribution in [0.5, 0.6) is 5.75 Å². The van der Waals surface area contributed by atoms with Gasteiger partial charge in [-0.15, -0.1) is 0 Å². The van der Waals surface area contributed by atoms with Crippen LogP contribution in [0, 0.1) is 0 Å². The molecule has 0 bridgehead atoms. The number of ether oxygens (including phenoxy) is 1. The minimum absolute atomic E-state index is 0.706. The fraction of sp³-hybridized carbons (Fsp3) is 0.444. The average molecular weight is 299 g/mol.